The zero-order valence-electron chi connectivity index (χ0n) is 33.8. The first-order chi connectivity index (χ1) is 28.5. The highest BCUT2D eigenvalue weighted by Crippen LogP contribution is 2.42. The number of methoxy groups -OCH3 is 3. The molecule has 1 aliphatic rings. The number of carbonyl (C=O) groups excluding carboxylic acids is 1. The number of tetrazole rings is 1. The van der Waals surface area contributed by atoms with Crippen LogP contribution in [0.5, 0.6) is 17.2 Å². The van der Waals surface area contributed by atoms with E-state index in [1.165, 1.54) is 34.2 Å². The van der Waals surface area contributed by atoms with Gasteiger partial charge in [-0.25, -0.2) is 26.3 Å². The van der Waals surface area contributed by atoms with Crippen LogP contribution in [0.3, 0.4) is 0 Å². The summed E-state index contributed by atoms with van der Waals surface area (Å²) in [5.41, 5.74) is 0.863. The zero-order valence-corrected chi connectivity index (χ0v) is 37.6. The van der Waals surface area contributed by atoms with Crippen molar-refractivity contribution in [1.82, 2.24) is 29.4 Å². The summed E-state index contributed by atoms with van der Waals surface area (Å²) in [5.74, 6) is 1.80. The SMILES string of the molecule is COc1ccc(CN(Cc2ccc(OC)cc2)S(=O)(=O)c2c(N([C@H]3CN(C(=O)OC(C)(C)C)C[C@H]3O)[SH](=O)=O)ccc(I)c2-c2nnnn2Cc2ccc(OC)cc2)cc1. The molecule has 0 bridgehead atoms. The lowest BCUT2D eigenvalue weighted by Gasteiger charge is -2.31. The van der Waals surface area contributed by atoms with E-state index in [9.17, 15) is 18.3 Å². The van der Waals surface area contributed by atoms with E-state index >= 15 is 8.42 Å². The molecule has 2 heterocycles. The number of likely N-dealkylation sites (tertiary alicyclic amines) is 1. The minimum Gasteiger partial charge on any atom is -0.497 e. The molecule has 0 saturated carbocycles. The molecule has 60 heavy (non-hydrogen) atoms. The highest BCUT2D eigenvalue weighted by molar-refractivity contribution is 14.1. The minimum absolute atomic E-state index is 0.0272. The summed E-state index contributed by atoms with van der Waals surface area (Å²) in [4.78, 5) is 13.9. The molecule has 1 N–H and O–H groups in total. The normalized spacial score (nSPS) is 15.7. The van der Waals surface area contributed by atoms with Gasteiger partial charge in [-0.1, -0.05) is 36.4 Å². The monoisotopic (exact) mass is 975 g/mol. The van der Waals surface area contributed by atoms with Crippen molar-refractivity contribution in [2.75, 3.05) is 38.7 Å². The molecule has 4 aromatic carbocycles. The van der Waals surface area contributed by atoms with E-state index in [2.05, 4.69) is 15.5 Å². The third-order valence-corrected chi connectivity index (χ3v) is 13.2. The van der Waals surface area contributed by atoms with Gasteiger partial charge in [0, 0.05) is 23.2 Å². The van der Waals surface area contributed by atoms with Crippen LogP contribution in [0.15, 0.2) is 89.8 Å². The predicted octanol–water partition coefficient (Wildman–Crippen LogP) is 4.72. The van der Waals surface area contributed by atoms with Crippen molar-refractivity contribution < 1.29 is 45.7 Å². The second-order valence-corrected chi connectivity index (χ2v) is 18.8. The van der Waals surface area contributed by atoms with E-state index in [0.717, 1.165) is 9.87 Å². The number of hydrogen-bond acceptors (Lipinski definition) is 13. The van der Waals surface area contributed by atoms with Crippen LogP contribution < -0.4 is 18.5 Å². The van der Waals surface area contributed by atoms with Crippen LogP contribution in [0.1, 0.15) is 37.5 Å². The molecule has 6 rings (SSSR count). The molecular weight excluding hydrogens is 930 g/mol. The average Bonchev–Trinajstić information content (AvgIpc) is 3.84. The smallest absolute Gasteiger partial charge is 0.410 e. The summed E-state index contributed by atoms with van der Waals surface area (Å²) in [6, 6.07) is 22.6. The Hall–Kier alpha value is -5.03. The standard InChI is InChI=1S/C40H46IN7O10S2/c1-40(2,3)58-39(50)45-24-34(35(49)25-45)48(59(51)52)33-20-19-32(41)36(38-42-43-44-47(38)23-28-11-17-31(57-6)18-12-28)37(33)60(53,54)46(21-26-7-13-29(55-4)14-8-26)22-27-9-15-30(56-5)16-10-27/h7-20,34-35,49,59H,21-25H2,1-6H3/t34-,35+/m0/s1. The molecule has 1 fully saturated rings. The van der Waals surface area contributed by atoms with Crippen molar-refractivity contribution >= 4 is 55.3 Å². The number of thiol groups is 1. The quantitative estimate of drug-likeness (QED) is 0.108. The number of rotatable bonds is 15. The van der Waals surface area contributed by atoms with Gasteiger partial charge in [-0.2, -0.15) is 4.31 Å². The number of benzene rings is 4. The number of hydrogen-bond donors (Lipinski definition) is 2. The maximum atomic E-state index is 15.8. The van der Waals surface area contributed by atoms with Crippen LogP contribution >= 0.6 is 22.6 Å². The second-order valence-electron chi connectivity index (χ2n) is 14.9. The lowest BCUT2D eigenvalue weighted by atomic mass is 10.1. The summed E-state index contributed by atoms with van der Waals surface area (Å²) in [7, 11) is -3.82. The Balaban J connectivity index is 1.56. The second kappa shape index (κ2) is 18.7. The van der Waals surface area contributed by atoms with E-state index in [1.54, 1.807) is 94.6 Å². The zero-order chi connectivity index (χ0) is 43.4. The molecule has 0 radical (unpaired) electrons. The summed E-state index contributed by atoms with van der Waals surface area (Å²) in [5, 5.41) is 23.9. The summed E-state index contributed by atoms with van der Waals surface area (Å²) in [6.07, 6.45) is -2.18. The van der Waals surface area contributed by atoms with Gasteiger partial charge in [0.25, 0.3) is 0 Å². The third-order valence-electron chi connectivity index (χ3n) is 9.61. The number of nitrogens with zero attached hydrogens (tertiary/aromatic N) is 7. The molecule has 320 valence electrons. The van der Waals surface area contributed by atoms with Crippen LogP contribution in [-0.4, -0.2) is 110 Å². The molecule has 2 atom stereocenters. The van der Waals surface area contributed by atoms with Gasteiger partial charge >= 0.3 is 6.09 Å². The Morgan fingerprint density at radius 3 is 1.83 bits per heavy atom. The highest BCUT2D eigenvalue weighted by Gasteiger charge is 2.44. The summed E-state index contributed by atoms with van der Waals surface area (Å²) < 4.78 is 84.1. The molecule has 1 aromatic heterocycles. The maximum absolute atomic E-state index is 15.8. The van der Waals surface area contributed by atoms with E-state index in [0.29, 0.717) is 31.9 Å². The summed E-state index contributed by atoms with van der Waals surface area (Å²) in [6.45, 7) is 4.31. The van der Waals surface area contributed by atoms with Crippen molar-refractivity contribution in [1.29, 1.82) is 0 Å². The number of sulfonamides is 1. The molecule has 20 heteroatoms. The first-order valence-corrected chi connectivity index (χ1v) is 22.3. The number of ether oxygens (including phenoxy) is 4. The van der Waals surface area contributed by atoms with E-state index < -0.39 is 49.6 Å². The van der Waals surface area contributed by atoms with E-state index in [1.807, 2.05) is 34.7 Å². The van der Waals surface area contributed by atoms with Gasteiger partial charge in [0.1, 0.15) is 27.7 Å². The molecule has 1 saturated heterocycles. The number of carbonyl (C=O) groups is 1. The Kier molecular flexibility index (Phi) is 13.9. The van der Waals surface area contributed by atoms with Crippen LogP contribution in [-0.2, 0) is 45.3 Å². The molecule has 0 unspecified atom stereocenters. The van der Waals surface area contributed by atoms with Gasteiger partial charge in [0.2, 0.25) is 20.9 Å². The molecule has 1 aliphatic heterocycles. The summed E-state index contributed by atoms with van der Waals surface area (Å²) >= 11 is 1.98. The van der Waals surface area contributed by atoms with Gasteiger partial charge in [-0.05, 0) is 119 Å². The van der Waals surface area contributed by atoms with Gasteiger partial charge in [-0.15, -0.1) is 5.10 Å². The Bertz CT molecular complexity index is 2420. The minimum atomic E-state index is -4.77. The maximum Gasteiger partial charge on any atom is 0.410 e. The Morgan fingerprint density at radius 1 is 0.833 bits per heavy atom. The molecule has 5 aromatic rings. The van der Waals surface area contributed by atoms with E-state index in [4.69, 9.17) is 18.9 Å². The van der Waals surface area contributed by atoms with Crippen LogP contribution in [0.4, 0.5) is 10.5 Å². The van der Waals surface area contributed by atoms with Crippen molar-refractivity contribution in [3.63, 3.8) is 0 Å². The van der Waals surface area contributed by atoms with Crippen molar-refractivity contribution in [2.45, 2.75) is 63.0 Å². The van der Waals surface area contributed by atoms with Gasteiger partial charge in [0.05, 0.1) is 57.8 Å². The largest absolute Gasteiger partial charge is 0.497 e. The molecule has 17 nitrogen and oxygen atoms in total. The molecular formula is C40H46IN7O10S2. The number of aliphatic hydroxyl groups excluding tert-OH is 1. The average molecular weight is 976 g/mol. The van der Waals surface area contributed by atoms with E-state index in [-0.39, 0.29) is 49.8 Å². The Labute approximate surface area is 364 Å². The van der Waals surface area contributed by atoms with Crippen LogP contribution in [0, 0.1) is 3.57 Å². The van der Waals surface area contributed by atoms with Crippen molar-refractivity contribution in [3.05, 3.63) is 105 Å². The van der Waals surface area contributed by atoms with Gasteiger partial charge in [-0.3, -0.25) is 4.31 Å². The first kappa shape index (κ1) is 44.5. The molecule has 0 spiro atoms. The van der Waals surface area contributed by atoms with Gasteiger partial charge < -0.3 is 29.0 Å². The van der Waals surface area contributed by atoms with Gasteiger partial charge in [0.15, 0.2) is 5.82 Å². The number of aromatic nitrogens is 4. The third kappa shape index (κ3) is 10.1. The van der Waals surface area contributed by atoms with Crippen LogP contribution in [0.2, 0.25) is 0 Å². The predicted molar refractivity (Wildman–Crippen MR) is 231 cm³/mol. The fourth-order valence-corrected chi connectivity index (χ4v) is 10.2. The number of halogens is 1. The first-order valence-electron chi connectivity index (χ1n) is 18.6. The lowest BCUT2D eigenvalue weighted by Crippen LogP contribution is -2.44. The fraction of sp³-hybridized carbons (Fsp3) is 0.350. The number of amides is 1. The Morgan fingerprint density at radius 2 is 1.35 bits per heavy atom. The fourth-order valence-electron chi connectivity index (χ4n) is 6.69. The van der Waals surface area contributed by atoms with Crippen LogP contribution in [0.25, 0.3) is 11.4 Å². The lowest BCUT2D eigenvalue weighted by molar-refractivity contribution is 0.0270. The highest BCUT2D eigenvalue weighted by atomic mass is 127. The number of aliphatic hydroxyl groups is 1. The van der Waals surface area contributed by atoms with Crippen molar-refractivity contribution in [3.8, 4) is 28.6 Å². The molecule has 1 amide bonds. The topological polar surface area (TPSA) is 196 Å². The number of β-amino-alcohol motifs (C(OH)–C–C–N with tert-alkyl or cyclic N) is 1. The molecule has 0 aliphatic carbocycles. The number of anilines is 1. The van der Waals surface area contributed by atoms with Crippen molar-refractivity contribution in [2.24, 2.45) is 0 Å².